The van der Waals surface area contributed by atoms with Crippen molar-refractivity contribution >= 4 is 17.4 Å². The Kier molecular flexibility index (Phi) is 7.55. The predicted octanol–water partition coefficient (Wildman–Crippen LogP) is 4.34. The molecule has 4 nitrogen and oxygen atoms in total. The van der Waals surface area contributed by atoms with Gasteiger partial charge in [-0.1, -0.05) is 39.0 Å². The van der Waals surface area contributed by atoms with Gasteiger partial charge in [-0.15, -0.1) is 0 Å². The molecule has 0 aromatic heterocycles. The van der Waals surface area contributed by atoms with Crippen molar-refractivity contribution in [1.29, 1.82) is 0 Å². The van der Waals surface area contributed by atoms with Crippen molar-refractivity contribution in [3.63, 3.8) is 0 Å². The second kappa shape index (κ2) is 9.23. The van der Waals surface area contributed by atoms with Crippen LogP contribution in [-0.2, 0) is 0 Å². The molecule has 0 aliphatic carbocycles. The van der Waals surface area contributed by atoms with E-state index in [2.05, 4.69) is 24.5 Å². The van der Waals surface area contributed by atoms with E-state index in [9.17, 15) is 4.79 Å². The third-order valence-electron chi connectivity index (χ3n) is 3.31. The smallest absolute Gasteiger partial charge is 0.316 e. The van der Waals surface area contributed by atoms with Crippen LogP contribution in [-0.4, -0.2) is 12.1 Å². The van der Waals surface area contributed by atoms with Crippen LogP contribution in [0.15, 0.2) is 24.3 Å². The Bertz CT molecular complexity index is 389. The van der Waals surface area contributed by atoms with E-state index in [4.69, 9.17) is 5.73 Å². The first-order valence-electron chi connectivity index (χ1n) is 7.55. The summed E-state index contributed by atoms with van der Waals surface area (Å²) in [5.74, 6) is 0. The van der Waals surface area contributed by atoms with Crippen LogP contribution >= 0.6 is 0 Å². The van der Waals surface area contributed by atoms with Gasteiger partial charge in [0.1, 0.15) is 0 Å². The lowest BCUT2D eigenvalue weighted by Gasteiger charge is -2.15. The molecule has 0 heterocycles. The highest BCUT2D eigenvalue weighted by atomic mass is 16.2. The molecule has 0 aliphatic rings. The van der Waals surface area contributed by atoms with Gasteiger partial charge in [0.05, 0.1) is 0 Å². The van der Waals surface area contributed by atoms with E-state index < -0.39 is 6.03 Å². The molecule has 1 atom stereocenters. The van der Waals surface area contributed by atoms with Gasteiger partial charge in [-0.25, -0.2) is 4.79 Å². The maximum atomic E-state index is 10.7. The van der Waals surface area contributed by atoms with Crippen LogP contribution in [0, 0.1) is 0 Å². The number of unbranched alkanes of at least 4 members (excludes halogenated alkanes) is 4. The van der Waals surface area contributed by atoms with Gasteiger partial charge < -0.3 is 16.4 Å². The summed E-state index contributed by atoms with van der Waals surface area (Å²) in [6.07, 6.45) is 7.76. The molecule has 0 fully saturated rings. The van der Waals surface area contributed by atoms with E-state index in [1.165, 1.54) is 38.5 Å². The van der Waals surface area contributed by atoms with Crippen molar-refractivity contribution in [3.05, 3.63) is 24.3 Å². The Morgan fingerprint density at radius 1 is 1.10 bits per heavy atom. The van der Waals surface area contributed by atoms with Gasteiger partial charge in [0.25, 0.3) is 0 Å². The summed E-state index contributed by atoms with van der Waals surface area (Å²) in [6, 6.07) is 7.54. The number of benzene rings is 1. The Morgan fingerprint density at radius 2 is 1.70 bits per heavy atom. The molecule has 4 heteroatoms. The number of hydrogen-bond donors (Lipinski definition) is 3. The standard InChI is InChI=1S/C16H27N3O/c1-3-4-5-6-7-8-13(2)18-14-9-11-15(12-10-14)19-16(17)20/h9-13,18H,3-8H2,1-2H3,(H3,17,19,20). The van der Waals surface area contributed by atoms with Crippen LogP contribution < -0.4 is 16.4 Å². The lowest BCUT2D eigenvalue weighted by Crippen LogP contribution is -2.19. The third-order valence-corrected chi connectivity index (χ3v) is 3.31. The van der Waals surface area contributed by atoms with Crippen molar-refractivity contribution in [1.82, 2.24) is 0 Å². The largest absolute Gasteiger partial charge is 0.383 e. The molecular weight excluding hydrogens is 250 g/mol. The monoisotopic (exact) mass is 277 g/mol. The fraction of sp³-hybridized carbons (Fsp3) is 0.562. The first-order chi connectivity index (χ1) is 9.61. The summed E-state index contributed by atoms with van der Waals surface area (Å²) < 4.78 is 0. The van der Waals surface area contributed by atoms with E-state index >= 15 is 0 Å². The normalized spacial score (nSPS) is 11.9. The average Bonchev–Trinajstić information content (AvgIpc) is 2.40. The Hall–Kier alpha value is -1.71. The zero-order valence-electron chi connectivity index (χ0n) is 12.6. The molecule has 1 aromatic carbocycles. The summed E-state index contributed by atoms with van der Waals surface area (Å²) in [5.41, 5.74) is 6.86. The van der Waals surface area contributed by atoms with Crippen LogP contribution in [0.25, 0.3) is 0 Å². The molecule has 0 spiro atoms. The number of carbonyl (C=O) groups excluding carboxylic acids is 1. The number of amides is 2. The Morgan fingerprint density at radius 3 is 2.30 bits per heavy atom. The molecule has 4 N–H and O–H groups in total. The highest BCUT2D eigenvalue weighted by Gasteiger charge is 2.02. The summed E-state index contributed by atoms with van der Waals surface area (Å²) in [7, 11) is 0. The second-order valence-corrected chi connectivity index (χ2v) is 5.31. The zero-order valence-corrected chi connectivity index (χ0v) is 12.6. The van der Waals surface area contributed by atoms with Crippen LogP contribution in [0.3, 0.4) is 0 Å². The quantitative estimate of drug-likeness (QED) is 0.588. The van der Waals surface area contributed by atoms with Gasteiger partial charge in [-0.2, -0.15) is 0 Å². The maximum absolute atomic E-state index is 10.7. The fourth-order valence-corrected chi connectivity index (χ4v) is 2.20. The van der Waals surface area contributed by atoms with Crippen molar-refractivity contribution in [3.8, 4) is 0 Å². The topological polar surface area (TPSA) is 67.2 Å². The van der Waals surface area contributed by atoms with Gasteiger partial charge in [-0.3, -0.25) is 0 Å². The van der Waals surface area contributed by atoms with Crippen LogP contribution in [0.1, 0.15) is 52.4 Å². The van der Waals surface area contributed by atoms with Crippen molar-refractivity contribution in [2.75, 3.05) is 10.6 Å². The second-order valence-electron chi connectivity index (χ2n) is 5.31. The molecule has 0 saturated heterocycles. The average molecular weight is 277 g/mol. The predicted molar refractivity (Wildman–Crippen MR) is 86.1 cm³/mol. The minimum absolute atomic E-state index is 0.464. The highest BCUT2D eigenvalue weighted by molar-refractivity contribution is 5.87. The molecule has 1 unspecified atom stereocenters. The van der Waals surface area contributed by atoms with Gasteiger partial charge in [0.15, 0.2) is 0 Å². The van der Waals surface area contributed by atoms with Crippen molar-refractivity contribution in [2.45, 2.75) is 58.4 Å². The molecular formula is C16H27N3O. The van der Waals surface area contributed by atoms with Gasteiger partial charge in [0.2, 0.25) is 0 Å². The fourth-order valence-electron chi connectivity index (χ4n) is 2.20. The summed E-state index contributed by atoms with van der Waals surface area (Å²) in [6.45, 7) is 4.44. The molecule has 1 aromatic rings. The number of hydrogen-bond acceptors (Lipinski definition) is 2. The molecule has 0 aliphatic heterocycles. The van der Waals surface area contributed by atoms with Crippen molar-refractivity contribution < 1.29 is 4.79 Å². The summed E-state index contributed by atoms with van der Waals surface area (Å²) >= 11 is 0. The zero-order chi connectivity index (χ0) is 14.8. The number of nitrogens with two attached hydrogens (primary N) is 1. The summed E-state index contributed by atoms with van der Waals surface area (Å²) in [4.78, 5) is 10.7. The van der Waals surface area contributed by atoms with Gasteiger partial charge >= 0.3 is 6.03 Å². The molecule has 2 amide bonds. The van der Waals surface area contributed by atoms with E-state index in [0.29, 0.717) is 6.04 Å². The number of primary amides is 1. The number of nitrogens with one attached hydrogen (secondary N) is 2. The third kappa shape index (κ3) is 7.02. The van der Waals surface area contributed by atoms with E-state index in [1.807, 2.05) is 24.3 Å². The summed E-state index contributed by atoms with van der Waals surface area (Å²) in [5, 5.41) is 6.02. The Balaban J connectivity index is 2.27. The van der Waals surface area contributed by atoms with E-state index in [1.54, 1.807) is 0 Å². The van der Waals surface area contributed by atoms with Gasteiger partial charge in [-0.05, 0) is 37.6 Å². The van der Waals surface area contributed by atoms with Crippen LogP contribution in [0.5, 0.6) is 0 Å². The first-order valence-corrected chi connectivity index (χ1v) is 7.55. The minimum atomic E-state index is -0.536. The number of urea groups is 1. The molecule has 0 saturated carbocycles. The van der Waals surface area contributed by atoms with Gasteiger partial charge in [0, 0.05) is 17.4 Å². The molecule has 20 heavy (non-hydrogen) atoms. The van der Waals surface area contributed by atoms with Crippen molar-refractivity contribution in [2.24, 2.45) is 5.73 Å². The number of carbonyl (C=O) groups is 1. The SMILES string of the molecule is CCCCCCCC(C)Nc1ccc(NC(N)=O)cc1. The molecule has 0 bridgehead atoms. The lowest BCUT2D eigenvalue weighted by molar-refractivity contribution is 0.259. The van der Waals surface area contributed by atoms with E-state index in [0.717, 1.165) is 11.4 Å². The minimum Gasteiger partial charge on any atom is -0.383 e. The van der Waals surface area contributed by atoms with E-state index in [-0.39, 0.29) is 0 Å². The number of anilines is 2. The molecule has 0 radical (unpaired) electrons. The van der Waals surface area contributed by atoms with Crippen LogP contribution in [0.4, 0.5) is 16.2 Å². The highest BCUT2D eigenvalue weighted by Crippen LogP contribution is 2.16. The maximum Gasteiger partial charge on any atom is 0.316 e. The van der Waals surface area contributed by atoms with Crippen LogP contribution in [0.2, 0.25) is 0 Å². The Labute approximate surface area is 122 Å². The molecule has 112 valence electrons. The lowest BCUT2D eigenvalue weighted by atomic mass is 10.1. The molecule has 1 rings (SSSR count). The first kappa shape index (κ1) is 16.3. The number of rotatable bonds is 9.